The Balaban J connectivity index is 1.94. The van der Waals surface area contributed by atoms with Gasteiger partial charge in [0.2, 0.25) is 5.91 Å². The molecule has 1 aliphatic carbocycles. The Bertz CT molecular complexity index is 548. The quantitative estimate of drug-likeness (QED) is 0.818. The summed E-state index contributed by atoms with van der Waals surface area (Å²) in [6, 6.07) is 7.02. The maximum atomic E-state index is 12.5. The van der Waals surface area contributed by atoms with Crippen LogP contribution >= 0.6 is 0 Å². The highest BCUT2D eigenvalue weighted by Crippen LogP contribution is 2.27. The minimum absolute atomic E-state index is 0.00676. The second-order valence-electron chi connectivity index (χ2n) is 5.94. The highest BCUT2D eigenvalue weighted by molar-refractivity contribution is 6.00. The number of amides is 2. The number of rotatable bonds is 6. The largest absolute Gasteiger partial charge is 0.342 e. The van der Waals surface area contributed by atoms with E-state index in [0.29, 0.717) is 11.3 Å². The van der Waals surface area contributed by atoms with Crippen LogP contribution in [0, 0.1) is 5.92 Å². The second-order valence-corrected chi connectivity index (χ2v) is 5.94. The predicted molar refractivity (Wildman–Crippen MR) is 88.8 cm³/mol. The van der Waals surface area contributed by atoms with Gasteiger partial charge in [-0.15, -0.1) is 0 Å². The number of hydrogen-bond acceptors (Lipinski definition) is 2. The molecule has 0 unspecified atom stereocenters. The summed E-state index contributed by atoms with van der Waals surface area (Å²) >= 11 is 0. The van der Waals surface area contributed by atoms with Gasteiger partial charge < -0.3 is 10.2 Å². The summed E-state index contributed by atoms with van der Waals surface area (Å²) in [7, 11) is 1.84. The Hall–Kier alpha value is -2.10. The van der Waals surface area contributed by atoms with Crippen molar-refractivity contribution in [3.63, 3.8) is 0 Å². The molecule has 0 saturated heterocycles. The minimum Gasteiger partial charge on any atom is -0.342 e. The van der Waals surface area contributed by atoms with Crippen molar-refractivity contribution in [2.24, 2.45) is 5.92 Å². The van der Waals surface area contributed by atoms with E-state index in [0.717, 1.165) is 18.9 Å². The lowest BCUT2D eigenvalue weighted by Gasteiger charge is -2.19. The third kappa shape index (κ3) is 4.45. The van der Waals surface area contributed by atoms with E-state index in [9.17, 15) is 9.59 Å². The van der Waals surface area contributed by atoms with Gasteiger partial charge in [-0.1, -0.05) is 38.3 Å². The molecule has 1 aromatic carbocycles. The molecule has 4 nitrogen and oxygen atoms in total. The van der Waals surface area contributed by atoms with Crippen molar-refractivity contribution in [2.45, 2.75) is 32.1 Å². The standard InChI is InChI=1S/C18H24N2O2/c1-3-17(21)19-16-10-6-9-15(13-16)18(22)20(2)12-11-14-7-4-5-8-14/h3,6,9-10,13-14H,1,4-5,7-8,11-12H2,2H3,(H,19,21). The van der Waals surface area contributed by atoms with Gasteiger partial charge in [0, 0.05) is 24.8 Å². The van der Waals surface area contributed by atoms with Gasteiger partial charge in [-0.05, 0) is 36.6 Å². The fourth-order valence-electron chi connectivity index (χ4n) is 2.92. The highest BCUT2D eigenvalue weighted by atomic mass is 16.2. The van der Waals surface area contributed by atoms with Crippen LogP contribution in [0.4, 0.5) is 5.69 Å². The Kier molecular flexibility index (Phi) is 5.75. The van der Waals surface area contributed by atoms with Crippen LogP contribution in [-0.4, -0.2) is 30.3 Å². The zero-order valence-electron chi connectivity index (χ0n) is 13.2. The second kappa shape index (κ2) is 7.78. The smallest absolute Gasteiger partial charge is 0.253 e. The van der Waals surface area contributed by atoms with Crippen LogP contribution in [0.15, 0.2) is 36.9 Å². The SMILES string of the molecule is C=CC(=O)Nc1cccc(C(=O)N(C)CCC2CCCC2)c1. The van der Waals surface area contributed by atoms with Crippen molar-refractivity contribution in [1.29, 1.82) is 0 Å². The number of anilines is 1. The van der Waals surface area contributed by atoms with Gasteiger partial charge in [0.25, 0.3) is 5.91 Å². The predicted octanol–water partition coefficient (Wildman–Crippen LogP) is 3.46. The van der Waals surface area contributed by atoms with Gasteiger partial charge in [0.1, 0.15) is 0 Å². The van der Waals surface area contributed by atoms with Gasteiger partial charge in [0.15, 0.2) is 0 Å². The Morgan fingerprint density at radius 2 is 2.09 bits per heavy atom. The number of benzene rings is 1. The van der Waals surface area contributed by atoms with Crippen LogP contribution in [0.5, 0.6) is 0 Å². The Labute approximate surface area is 132 Å². The summed E-state index contributed by atoms with van der Waals surface area (Å²) in [5.74, 6) is 0.486. The van der Waals surface area contributed by atoms with Crippen molar-refractivity contribution in [2.75, 3.05) is 18.9 Å². The number of hydrogen-bond donors (Lipinski definition) is 1. The first-order chi connectivity index (χ1) is 10.6. The van der Waals surface area contributed by atoms with Crippen molar-refractivity contribution >= 4 is 17.5 Å². The summed E-state index contributed by atoms with van der Waals surface area (Å²) in [6.45, 7) is 4.20. The van der Waals surface area contributed by atoms with Crippen molar-refractivity contribution in [1.82, 2.24) is 4.90 Å². The molecule has 4 heteroatoms. The minimum atomic E-state index is -0.279. The molecule has 0 aromatic heterocycles. The van der Waals surface area contributed by atoms with E-state index in [1.165, 1.54) is 31.8 Å². The zero-order valence-corrected chi connectivity index (χ0v) is 13.2. The Morgan fingerprint density at radius 3 is 2.77 bits per heavy atom. The first-order valence-corrected chi connectivity index (χ1v) is 7.89. The average molecular weight is 300 g/mol. The lowest BCUT2D eigenvalue weighted by molar-refractivity contribution is -0.111. The summed E-state index contributed by atoms with van der Waals surface area (Å²) in [5.41, 5.74) is 1.20. The number of carbonyl (C=O) groups excluding carboxylic acids is 2. The molecule has 1 saturated carbocycles. The van der Waals surface area contributed by atoms with Gasteiger partial charge in [0.05, 0.1) is 0 Å². The number of carbonyl (C=O) groups is 2. The normalized spacial score (nSPS) is 14.6. The maximum absolute atomic E-state index is 12.5. The van der Waals surface area contributed by atoms with Crippen LogP contribution in [0.3, 0.4) is 0 Å². The van der Waals surface area contributed by atoms with Crippen LogP contribution < -0.4 is 5.32 Å². The molecule has 0 radical (unpaired) electrons. The molecular weight excluding hydrogens is 276 g/mol. The van der Waals surface area contributed by atoms with E-state index >= 15 is 0 Å². The highest BCUT2D eigenvalue weighted by Gasteiger charge is 2.18. The summed E-state index contributed by atoms with van der Waals surface area (Å²) < 4.78 is 0. The van der Waals surface area contributed by atoms with Gasteiger partial charge in [-0.25, -0.2) is 0 Å². The van der Waals surface area contributed by atoms with Gasteiger partial charge in [-0.3, -0.25) is 9.59 Å². The molecule has 1 fully saturated rings. The third-order valence-electron chi connectivity index (χ3n) is 4.26. The van der Waals surface area contributed by atoms with Crippen LogP contribution in [-0.2, 0) is 4.79 Å². The molecule has 0 bridgehead atoms. The molecule has 0 spiro atoms. The molecule has 0 aliphatic heterocycles. The number of nitrogens with one attached hydrogen (secondary N) is 1. The first kappa shape index (κ1) is 16.3. The lowest BCUT2D eigenvalue weighted by Crippen LogP contribution is -2.28. The van der Waals surface area contributed by atoms with Crippen molar-refractivity contribution in [3.8, 4) is 0 Å². The fourth-order valence-corrected chi connectivity index (χ4v) is 2.92. The van der Waals surface area contributed by atoms with E-state index in [1.807, 2.05) is 7.05 Å². The van der Waals surface area contributed by atoms with E-state index in [4.69, 9.17) is 0 Å². The molecule has 2 rings (SSSR count). The molecule has 0 atom stereocenters. The molecule has 2 amide bonds. The van der Waals surface area contributed by atoms with Gasteiger partial charge >= 0.3 is 0 Å². The van der Waals surface area contributed by atoms with E-state index in [-0.39, 0.29) is 11.8 Å². The molecule has 1 aliphatic rings. The summed E-state index contributed by atoms with van der Waals surface area (Å²) in [4.78, 5) is 25.5. The monoisotopic (exact) mass is 300 g/mol. The van der Waals surface area contributed by atoms with E-state index < -0.39 is 0 Å². The molecule has 1 N–H and O–H groups in total. The molecule has 1 aromatic rings. The zero-order chi connectivity index (χ0) is 15.9. The van der Waals surface area contributed by atoms with Crippen molar-refractivity contribution in [3.05, 3.63) is 42.5 Å². The summed E-state index contributed by atoms with van der Waals surface area (Å²) in [6.07, 6.45) is 7.54. The maximum Gasteiger partial charge on any atom is 0.253 e. The molecule has 0 heterocycles. The van der Waals surface area contributed by atoms with Crippen LogP contribution in [0.25, 0.3) is 0 Å². The summed E-state index contributed by atoms with van der Waals surface area (Å²) in [5, 5.41) is 2.67. The lowest BCUT2D eigenvalue weighted by atomic mass is 10.0. The number of nitrogens with zero attached hydrogens (tertiary/aromatic N) is 1. The average Bonchev–Trinajstić information content (AvgIpc) is 3.05. The van der Waals surface area contributed by atoms with E-state index in [1.54, 1.807) is 29.2 Å². The third-order valence-corrected chi connectivity index (χ3v) is 4.26. The van der Waals surface area contributed by atoms with Crippen LogP contribution in [0.2, 0.25) is 0 Å². The first-order valence-electron chi connectivity index (χ1n) is 7.89. The molecule has 22 heavy (non-hydrogen) atoms. The topological polar surface area (TPSA) is 49.4 Å². The van der Waals surface area contributed by atoms with E-state index in [2.05, 4.69) is 11.9 Å². The molecule has 118 valence electrons. The molecular formula is C18H24N2O2. The Morgan fingerprint density at radius 1 is 1.36 bits per heavy atom. The fraction of sp³-hybridized carbons (Fsp3) is 0.444. The van der Waals surface area contributed by atoms with Crippen molar-refractivity contribution < 1.29 is 9.59 Å². The van der Waals surface area contributed by atoms with Gasteiger partial charge in [-0.2, -0.15) is 0 Å². The van der Waals surface area contributed by atoms with Crippen LogP contribution in [0.1, 0.15) is 42.5 Å².